The lowest BCUT2D eigenvalue weighted by molar-refractivity contribution is -0.432. The molecule has 4 nitrogen and oxygen atoms in total. The maximum absolute atomic E-state index is 8.99. The third kappa shape index (κ3) is 2.16. The molecule has 0 aliphatic carbocycles. The van der Waals surface area contributed by atoms with E-state index in [1.807, 2.05) is 12.1 Å². The van der Waals surface area contributed by atoms with Gasteiger partial charge in [-0.2, -0.15) is 0 Å². The van der Waals surface area contributed by atoms with Crippen LogP contribution < -0.4 is 15.2 Å². The molecule has 0 saturated carbocycles. The summed E-state index contributed by atoms with van der Waals surface area (Å²) in [5.41, 5.74) is 4.71. The Balaban J connectivity index is 3.04. The first-order chi connectivity index (χ1) is 6.72. The highest BCUT2D eigenvalue weighted by Crippen LogP contribution is 2.27. The van der Waals surface area contributed by atoms with E-state index < -0.39 is 0 Å². The summed E-state index contributed by atoms with van der Waals surface area (Å²) in [4.78, 5) is 0. The average molecular weight is 198 g/mol. The van der Waals surface area contributed by atoms with Crippen molar-refractivity contribution < 1.29 is 20.3 Å². The Kier molecular flexibility index (Phi) is 3.73. The molecule has 1 aromatic rings. The van der Waals surface area contributed by atoms with Crippen LogP contribution in [0, 0.1) is 0 Å². The first-order valence-electron chi connectivity index (χ1n) is 4.38. The number of quaternary nitrogens is 1. The van der Waals surface area contributed by atoms with Crippen molar-refractivity contribution in [1.29, 1.82) is 0 Å². The smallest absolute Gasteiger partial charge is 0.137 e. The largest absolute Gasteiger partial charge is 0.497 e. The molecule has 0 aromatic heterocycles. The molecule has 0 fully saturated rings. The van der Waals surface area contributed by atoms with E-state index in [-0.39, 0.29) is 12.6 Å². The van der Waals surface area contributed by atoms with Crippen molar-refractivity contribution in [2.24, 2.45) is 0 Å². The number of rotatable bonds is 4. The van der Waals surface area contributed by atoms with Gasteiger partial charge in [-0.25, -0.2) is 0 Å². The number of aliphatic hydroxyl groups excluding tert-OH is 1. The van der Waals surface area contributed by atoms with E-state index in [4.69, 9.17) is 14.6 Å². The van der Waals surface area contributed by atoms with E-state index in [1.54, 1.807) is 20.3 Å². The normalized spacial score (nSPS) is 12.3. The van der Waals surface area contributed by atoms with Gasteiger partial charge >= 0.3 is 0 Å². The second kappa shape index (κ2) is 4.83. The van der Waals surface area contributed by atoms with Crippen LogP contribution in [0.3, 0.4) is 0 Å². The van der Waals surface area contributed by atoms with Crippen LogP contribution in [-0.2, 0) is 0 Å². The Morgan fingerprint density at radius 2 is 2.07 bits per heavy atom. The van der Waals surface area contributed by atoms with Gasteiger partial charge in [-0.3, -0.25) is 0 Å². The molecular formula is C10H16NO3+. The van der Waals surface area contributed by atoms with Gasteiger partial charge in [0, 0.05) is 6.07 Å². The highest BCUT2D eigenvalue weighted by atomic mass is 16.5. The zero-order valence-electron chi connectivity index (χ0n) is 8.49. The molecule has 0 aliphatic rings. The minimum atomic E-state index is -0.171. The molecule has 0 unspecified atom stereocenters. The van der Waals surface area contributed by atoms with Gasteiger partial charge in [-0.1, -0.05) is 0 Å². The van der Waals surface area contributed by atoms with Gasteiger partial charge in [-0.15, -0.1) is 0 Å². The standard InChI is InChI=1S/C10H15NO3/c1-13-7-3-4-8(9(11)6-12)10(5-7)14-2/h3-5,9,12H,6,11H2,1-2H3/p+1/t9-/m1/s1. The zero-order valence-corrected chi connectivity index (χ0v) is 8.49. The Morgan fingerprint density at radius 3 is 2.57 bits per heavy atom. The minimum absolute atomic E-state index is 0.00267. The van der Waals surface area contributed by atoms with Gasteiger partial charge in [0.1, 0.15) is 17.5 Å². The fourth-order valence-electron chi connectivity index (χ4n) is 1.25. The number of hydrogen-bond acceptors (Lipinski definition) is 3. The van der Waals surface area contributed by atoms with Gasteiger partial charge in [-0.05, 0) is 12.1 Å². The molecule has 4 heteroatoms. The fourth-order valence-corrected chi connectivity index (χ4v) is 1.25. The molecule has 1 rings (SSSR count). The molecule has 0 bridgehead atoms. The highest BCUT2D eigenvalue weighted by molar-refractivity contribution is 5.41. The summed E-state index contributed by atoms with van der Waals surface area (Å²) in [6.45, 7) is 0.00267. The maximum Gasteiger partial charge on any atom is 0.137 e. The molecule has 0 radical (unpaired) electrons. The summed E-state index contributed by atoms with van der Waals surface area (Å²) in [6.07, 6.45) is 0. The fraction of sp³-hybridized carbons (Fsp3) is 0.400. The number of methoxy groups -OCH3 is 2. The van der Waals surface area contributed by atoms with E-state index in [2.05, 4.69) is 5.73 Å². The Morgan fingerprint density at radius 1 is 1.36 bits per heavy atom. The lowest BCUT2D eigenvalue weighted by Gasteiger charge is -2.12. The summed E-state index contributed by atoms with van der Waals surface area (Å²) in [6, 6.07) is 5.29. The lowest BCUT2D eigenvalue weighted by atomic mass is 10.1. The molecule has 1 aromatic carbocycles. The Hall–Kier alpha value is -1.26. The molecule has 14 heavy (non-hydrogen) atoms. The van der Waals surface area contributed by atoms with E-state index in [1.165, 1.54) is 0 Å². The van der Waals surface area contributed by atoms with Crippen molar-refractivity contribution in [1.82, 2.24) is 0 Å². The maximum atomic E-state index is 8.99. The molecule has 0 saturated heterocycles. The van der Waals surface area contributed by atoms with Crippen LogP contribution >= 0.6 is 0 Å². The first kappa shape index (κ1) is 10.8. The third-order valence-electron chi connectivity index (χ3n) is 2.10. The van der Waals surface area contributed by atoms with E-state index >= 15 is 0 Å². The summed E-state index contributed by atoms with van der Waals surface area (Å²) in [7, 11) is 3.19. The minimum Gasteiger partial charge on any atom is -0.497 e. The first-order valence-corrected chi connectivity index (χ1v) is 4.38. The molecular weight excluding hydrogens is 182 g/mol. The molecule has 0 spiro atoms. The zero-order chi connectivity index (χ0) is 10.6. The summed E-state index contributed by atoms with van der Waals surface area (Å²) in [5, 5.41) is 8.99. The number of aliphatic hydroxyl groups is 1. The average Bonchev–Trinajstić information content (AvgIpc) is 2.27. The molecule has 1 atom stereocenters. The van der Waals surface area contributed by atoms with Crippen molar-refractivity contribution in [3.63, 3.8) is 0 Å². The number of hydrogen-bond donors (Lipinski definition) is 2. The van der Waals surface area contributed by atoms with E-state index in [9.17, 15) is 0 Å². The highest BCUT2D eigenvalue weighted by Gasteiger charge is 2.14. The van der Waals surface area contributed by atoms with Crippen LogP contribution in [0.1, 0.15) is 11.6 Å². The van der Waals surface area contributed by atoms with E-state index in [0.29, 0.717) is 5.75 Å². The third-order valence-corrected chi connectivity index (χ3v) is 2.10. The predicted molar refractivity (Wildman–Crippen MR) is 52.3 cm³/mol. The topological polar surface area (TPSA) is 66.3 Å². The van der Waals surface area contributed by atoms with Crippen LogP contribution in [0.5, 0.6) is 11.5 Å². The molecule has 78 valence electrons. The number of ether oxygens (including phenoxy) is 2. The van der Waals surface area contributed by atoms with Gasteiger partial charge in [0.15, 0.2) is 0 Å². The van der Waals surface area contributed by atoms with Crippen molar-refractivity contribution in [2.45, 2.75) is 6.04 Å². The van der Waals surface area contributed by atoms with Crippen molar-refractivity contribution in [2.75, 3.05) is 20.8 Å². The molecule has 0 amide bonds. The van der Waals surface area contributed by atoms with Crippen molar-refractivity contribution >= 4 is 0 Å². The Bertz CT molecular complexity index is 301. The van der Waals surface area contributed by atoms with Crippen molar-refractivity contribution in [3.05, 3.63) is 23.8 Å². The molecule has 0 aliphatic heterocycles. The Labute approximate surface area is 83.3 Å². The summed E-state index contributed by atoms with van der Waals surface area (Å²) >= 11 is 0. The van der Waals surface area contributed by atoms with Crippen LogP contribution in [-0.4, -0.2) is 25.9 Å². The molecule has 0 heterocycles. The second-order valence-electron chi connectivity index (χ2n) is 2.99. The van der Waals surface area contributed by atoms with Gasteiger partial charge in [0.2, 0.25) is 0 Å². The quantitative estimate of drug-likeness (QED) is 0.714. The van der Waals surface area contributed by atoms with Gasteiger partial charge in [0.25, 0.3) is 0 Å². The second-order valence-corrected chi connectivity index (χ2v) is 2.99. The lowest BCUT2D eigenvalue weighted by Crippen LogP contribution is -2.55. The molecule has 4 N–H and O–H groups in total. The SMILES string of the molecule is COc1ccc([C@H]([NH3+])CO)c(OC)c1. The van der Waals surface area contributed by atoms with E-state index in [0.717, 1.165) is 11.3 Å². The summed E-state index contributed by atoms with van der Waals surface area (Å²) < 4.78 is 10.2. The van der Waals surface area contributed by atoms with Gasteiger partial charge < -0.3 is 20.3 Å². The van der Waals surface area contributed by atoms with Crippen LogP contribution in [0.4, 0.5) is 0 Å². The van der Waals surface area contributed by atoms with Crippen molar-refractivity contribution in [3.8, 4) is 11.5 Å². The predicted octanol–water partition coefficient (Wildman–Crippen LogP) is -0.0209. The van der Waals surface area contributed by atoms with Crippen LogP contribution in [0.25, 0.3) is 0 Å². The van der Waals surface area contributed by atoms with Crippen LogP contribution in [0.2, 0.25) is 0 Å². The monoisotopic (exact) mass is 198 g/mol. The van der Waals surface area contributed by atoms with Crippen LogP contribution in [0.15, 0.2) is 18.2 Å². The summed E-state index contributed by atoms with van der Waals surface area (Å²) in [5.74, 6) is 1.43. The van der Waals surface area contributed by atoms with Gasteiger partial charge in [0.05, 0.1) is 26.4 Å². The number of benzene rings is 1.